The number of ether oxygens (including phenoxy) is 2. The number of rotatable bonds is 7. The summed E-state index contributed by atoms with van der Waals surface area (Å²) in [6, 6.07) is 0. The predicted octanol–water partition coefficient (Wildman–Crippen LogP) is 4.32. The minimum absolute atomic E-state index is 0.00156. The van der Waals surface area contributed by atoms with Crippen molar-refractivity contribution < 1.29 is 40.1 Å². The Morgan fingerprint density at radius 2 is 1.57 bits per heavy atom. The van der Waals surface area contributed by atoms with E-state index < -0.39 is 49.0 Å². The van der Waals surface area contributed by atoms with Crippen LogP contribution in [0.2, 0.25) is 0 Å². The molecule has 4 aliphatic carbocycles. The molecule has 0 aromatic rings. The lowest BCUT2D eigenvalue weighted by molar-refractivity contribution is -0.330. The van der Waals surface area contributed by atoms with Crippen molar-refractivity contribution in [2.24, 2.45) is 45.3 Å². The summed E-state index contributed by atoms with van der Waals surface area (Å²) in [5.74, 6) is 1.22. The summed E-state index contributed by atoms with van der Waals surface area (Å²) in [6.45, 7) is 17.3. The Morgan fingerprint density at radius 1 is 0.886 bits per heavy atom. The zero-order valence-electron chi connectivity index (χ0n) is 28.5. The standard InChI is InChI=1S/C36H62O8/c1-20(2)10-9-14-36(8,42)35(7)17-16-34(6)21-11-12-25-32(3,4)26(13-15-33(25,5)22(21)18-23(38)30(34)35)44-31-29(41)28(40)27(39)24(19-37)43-31/h10,21-31,37-42H,9,11-19H2,1-8H3/t21?,22?,23-,24+,25?,26?,27+,28-,29+,30?,31-,33+,34+,35-,36+/m0/s1. The molecule has 0 spiro atoms. The quantitative estimate of drug-likeness (QED) is 0.182. The molecule has 5 unspecified atom stereocenters. The highest BCUT2D eigenvalue weighted by Crippen LogP contribution is 2.73. The average molecular weight is 623 g/mol. The van der Waals surface area contributed by atoms with Crippen LogP contribution in [-0.4, -0.2) is 85.8 Å². The van der Waals surface area contributed by atoms with Gasteiger partial charge in [0.25, 0.3) is 0 Å². The van der Waals surface area contributed by atoms with Gasteiger partial charge in [0.05, 0.1) is 24.4 Å². The number of fused-ring (bicyclic) bond motifs is 5. The van der Waals surface area contributed by atoms with Gasteiger partial charge >= 0.3 is 0 Å². The maximum atomic E-state index is 12.1. The topological polar surface area (TPSA) is 140 Å². The molecule has 1 aliphatic heterocycles. The summed E-state index contributed by atoms with van der Waals surface area (Å²) in [5, 5.41) is 65.0. The normalized spacial score (nSPS) is 51.5. The van der Waals surface area contributed by atoms with Gasteiger partial charge in [0.1, 0.15) is 24.4 Å². The van der Waals surface area contributed by atoms with Gasteiger partial charge < -0.3 is 40.1 Å². The molecule has 0 amide bonds. The lowest BCUT2D eigenvalue weighted by atomic mass is 9.39. The fourth-order valence-corrected chi connectivity index (χ4v) is 11.8. The van der Waals surface area contributed by atoms with Crippen molar-refractivity contribution in [1.29, 1.82) is 0 Å². The van der Waals surface area contributed by atoms with E-state index in [0.717, 1.165) is 51.4 Å². The molecular formula is C36H62O8. The molecule has 1 saturated heterocycles. The second-order valence-electron chi connectivity index (χ2n) is 17.3. The van der Waals surface area contributed by atoms with Crippen LogP contribution < -0.4 is 0 Å². The van der Waals surface area contributed by atoms with Gasteiger partial charge in [0, 0.05) is 5.41 Å². The fraction of sp³-hybridized carbons (Fsp3) is 0.944. The maximum Gasteiger partial charge on any atom is 0.186 e. The first-order valence-corrected chi connectivity index (χ1v) is 17.3. The molecule has 5 fully saturated rings. The van der Waals surface area contributed by atoms with Crippen LogP contribution in [0.3, 0.4) is 0 Å². The fourth-order valence-electron chi connectivity index (χ4n) is 11.8. The Bertz CT molecular complexity index is 1070. The van der Waals surface area contributed by atoms with E-state index in [2.05, 4.69) is 54.5 Å². The first kappa shape index (κ1) is 34.7. The third kappa shape index (κ3) is 5.26. The molecule has 5 rings (SSSR count). The number of hydrogen-bond acceptors (Lipinski definition) is 8. The highest BCUT2D eigenvalue weighted by atomic mass is 16.7. The van der Waals surface area contributed by atoms with E-state index in [1.165, 1.54) is 5.57 Å². The highest BCUT2D eigenvalue weighted by Gasteiger charge is 2.70. The molecular weight excluding hydrogens is 560 g/mol. The molecule has 0 aromatic carbocycles. The third-order valence-corrected chi connectivity index (χ3v) is 14.4. The van der Waals surface area contributed by atoms with Gasteiger partial charge in [-0.25, -0.2) is 0 Å². The Balaban J connectivity index is 1.36. The van der Waals surface area contributed by atoms with Gasteiger partial charge in [-0.15, -0.1) is 0 Å². The molecule has 1 heterocycles. The molecule has 0 radical (unpaired) electrons. The Kier molecular flexibility index (Phi) is 9.35. The van der Waals surface area contributed by atoms with Crippen molar-refractivity contribution >= 4 is 0 Å². The van der Waals surface area contributed by atoms with Gasteiger partial charge in [-0.05, 0) is 118 Å². The molecule has 4 saturated carbocycles. The van der Waals surface area contributed by atoms with E-state index in [9.17, 15) is 30.6 Å². The van der Waals surface area contributed by atoms with Gasteiger partial charge in [-0.2, -0.15) is 0 Å². The summed E-state index contributed by atoms with van der Waals surface area (Å²) < 4.78 is 12.2. The SMILES string of the molecule is CC(C)=CCC[C@@](C)(O)[C@@]1(C)CC[C@]2(C)C3CCC4C(C)(C)C(O[C@@H]5O[C@H](CO)[C@@H](O)[C@H](O)[C@H]5O)CC[C@]4(C)C3C[C@H](O)C21. The summed E-state index contributed by atoms with van der Waals surface area (Å²) in [5.41, 5.74) is -0.253. The highest BCUT2D eigenvalue weighted by molar-refractivity contribution is 5.19. The minimum atomic E-state index is -1.46. The molecule has 15 atom stereocenters. The number of aliphatic hydroxyl groups excluding tert-OH is 5. The molecule has 254 valence electrons. The smallest absolute Gasteiger partial charge is 0.186 e. The number of aliphatic hydroxyl groups is 6. The summed E-state index contributed by atoms with van der Waals surface area (Å²) in [6.07, 6.45) is 3.17. The van der Waals surface area contributed by atoms with Crippen molar-refractivity contribution in [3.63, 3.8) is 0 Å². The largest absolute Gasteiger partial charge is 0.394 e. The minimum Gasteiger partial charge on any atom is -0.394 e. The summed E-state index contributed by atoms with van der Waals surface area (Å²) in [4.78, 5) is 0. The molecule has 8 heteroatoms. The lowest BCUT2D eigenvalue weighted by Crippen LogP contribution is -2.65. The van der Waals surface area contributed by atoms with Crippen LogP contribution in [0, 0.1) is 45.3 Å². The van der Waals surface area contributed by atoms with E-state index >= 15 is 0 Å². The van der Waals surface area contributed by atoms with E-state index in [0.29, 0.717) is 24.2 Å². The third-order valence-electron chi connectivity index (χ3n) is 14.4. The monoisotopic (exact) mass is 622 g/mol. The van der Waals surface area contributed by atoms with Crippen molar-refractivity contribution in [1.82, 2.24) is 0 Å². The van der Waals surface area contributed by atoms with E-state index in [4.69, 9.17) is 9.47 Å². The predicted molar refractivity (Wildman–Crippen MR) is 168 cm³/mol. The van der Waals surface area contributed by atoms with Gasteiger partial charge in [-0.3, -0.25) is 0 Å². The Morgan fingerprint density at radius 3 is 2.20 bits per heavy atom. The van der Waals surface area contributed by atoms with Crippen molar-refractivity contribution in [3.05, 3.63) is 11.6 Å². The van der Waals surface area contributed by atoms with Crippen molar-refractivity contribution in [3.8, 4) is 0 Å². The summed E-state index contributed by atoms with van der Waals surface area (Å²) in [7, 11) is 0. The van der Waals surface area contributed by atoms with Crippen molar-refractivity contribution in [2.45, 2.75) is 162 Å². The molecule has 0 bridgehead atoms. The maximum absolute atomic E-state index is 12.1. The van der Waals surface area contributed by atoms with Crippen LogP contribution in [0.25, 0.3) is 0 Å². The van der Waals surface area contributed by atoms with Gasteiger partial charge in [0.15, 0.2) is 6.29 Å². The number of hydrogen-bond donors (Lipinski definition) is 6. The Hall–Kier alpha value is -0.580. The van der Waals surface area contributed by atoms with Crippen LogP contribution in [0.5, 0.6) is 0 Å². The van der Waals surface area contributed by atoms with Crippen LogP contribution in [0.1, 0.15) is 113 Å². The first-order chi connectivity index (χ1) is 20.3. The lowest BCUT2D eigenvalue weighted by Gasteiger charge is -2.67. The Labute approximate surface area is 265 Å². The zero-order chi connectivity index (χ0) is 32.6. The molecule has 8 nitrogen and oxygen atoms in total. The van der Waals surface area contributed by atoms with E-state index in [-0.39, 0.29) is 33.7 Å². The average Bonchev–Trinajstić information content (AvgIpc) is 3.24. The van der Waals surface area contributed by atoms with Gasteiger partial charge in [0.2, 0.25) is 0 Å². The van der Waals surface area contributed by atoms with E-state index in [1.807, 2.05) is 6.92 Å². The van der Waals surface area contributed by atoms with E-state index in [1.54, 1.807) is 0 Å². The van der Waals surface area contributed by atoms with Crippen LogP contribution in [0.15, 0.2) is 11.6 Å². The van der Waals surface area contributed by atoms with Crippen LogP contribution in [0.4, 0.5) is 0 Å². The number of allylic oxidation sites excluding steroid dienone is 2. The van der Waals surface area contributed by atoms with Crippen LogP contribution >= 0.6 is 0 Å². The van der Waals surface area contributed by atoms with Gasteiger partial charge in [-0.1, -0.05) is 46.3 Å². The second-order valence-corrected chi connectivity index (χ2v) is 17.3. The van der Waals surface area contributed by atoms with Crippen LogP contribution in [-0.2, 0) is 9.47 Å². The molecule has 44 heavy (non-hydrogen) atoms. The zero-order valence-corrected chi connectivity index (χ0v) is 28.5. The molecule has 6 N–H and O–H groups in total. The molecule has 0 aromatic heterocycles. The molecule has 5 aliphatic rings. The van der Waals surface area contributed by atoms with Crippen molar-refractivity contribution in [2.75, 3.05) is 6.61 Å². The summed E-state index contributed by atoms with van der Waals surface area (Å²) >= 11 is 0. The second kappa shape index (κ2) is 11.8. The first-order valence-electron chi connectivity index (χ1n) is 17.3.